The number of aliphatic hydroxyl groups is 1. The maximum absolute atomic E-state index is 14.1. The topological polar surface area (TPSA) is 111 Å². The molecule has 9 heteroatoms. The molecule has 51 heavy (non-hydrogen) atoms. The summed E-state index contributed by atoms with van der Waals surface area (Å²) in [6, 6.07) is 17.2. The number of nitrogens with zero attached hydrogens (tertiary/aromatic N) is 2. The number of esters is 2. The second-order valence-corrected chi connectivity index (χ2v) is 15.0. The molecule has 3 N–H and O–H groups in total. The van der Waals surface area contributed by atoms with Crippen molar-refractivity contribution in [3.63, 3.8) is 0 Å². The zero-order chi connectivity index (χ0) is 35.4. The van der Waals surface area contributed by atoms with Crippen molar-refractivity contribution >= 4 is 45.0 Å². The first-order valence-electron chi connectivity index (χ1n) is 18.7. The summed E-state index contributed by atoms with van der Waals surface area (Å²) in [6.07, 6.45) is 6.27. The largest absolute Gasteiger partial charge is 0.469 e. The third-order valence-electron chi connectivity index (χ3n) is 12.8. The fourth-order valence-corrected chi connectivity index (χ4v) is 10.2. The highest BCUT2D eigenvalue weighted by Gasteiger charge is 2.45. The summed E-state index contributed by atoms with van der Waals surface area (Å²) in [5.41, 5.74) is 8.69. The third-order valence-corrected chi connectivity index (χ3v) is 12.8. The summed E-state index contributed by atoms with van der Waals surface area (Å²) >= 11 is 0. The number of methoxy groups -OCH3 is 2. The van der Waals surface area contributed by atoms with E-state index in [-0.39, 0.29) is 48.3 Å². The minimum Gasteiger partial charge on any atom is -0.469 e. The van der Waals surface area contributed by atoms with Gasteiger partial charge in [0.15, 0.2) is 0 Å². The number of piperidine rings is 2. The van der Waals surface area contributed by atoms with E-state index in [0.29, 0.717) is 19.4 Å². The number of hydrogen-bond acceptors (Lipinski definition) is 7. The van der Waals surface area contributed by atoms with Gasteiger partial charge in [-0.1, -0.05) is 61.4 Å². The molecular formula is C42H50N4O5. The van der Waals surface area contributed by atoms with Gasteiger partial charge in [-0.25, -0.2) is 0 Å². The first-order chi connectivity index (χ1) is 24.9. The number of para-hydroxylation sites is 2. The number of allylic oxidation sites excluding steroid dienone is 1. The summed E-state index contributed by atoms with van der Waals surface area (Å²) in [5.74, 6) is -1.20. The summed E-state index contributed by atoms with van der Waals surface area (Å²) in [5, 5.41) is 15.1. The molecule has 9 nitrogen and oxygen atoms in total. The molecule has 2 saturated heterocycles. The fourth-order valence-electron chi connectivity index (χ4n) is 10.2. The number of aliphatic hydroxyl groups excluding tert-OH is 1. The highest BCUT2D eigenvalue weighted by molar-refractivity contribution is 5.86. The van der Waals surface area contributed by atoms with Crippen molar-refractivity contribution in [2.45, 2.75) is 52.0 Å². The number of nitrogens with one attached hydrogen (secondary N) is 2. The molecule has 0 saturated carbocycles. The van der Waals surface area contributed by atoms with E-state index in [9.17, 15) is 14.7 Å². The second kappa shape index (κ2) is 13.7. The van der Waals surface area contributed by atoms with Gasteiger partial charge in [-0.3, -0.25) is 14.5 Å². The van der Waals surface area contributed by atoms with E-state index in [1.54, 1.807) is 0 Å². The average molecular weight is 691 g/mol. The standard InChI is InChI=1S/C42H50N4O5/c1-5-24-20-45-16-15-28-27-11-7-9-13-34(27)43-39(28)36(45)18-30(24)32(41(48)50-3)17-26-22-46-21-25(6-2)31(33(23-47)42(49)51-4)19-37(46)40-38(26)29-12-8-10-14-35(29)44-40/h5,7-14,25,30-33,36,43-44,47H,6,15-23H2,1-4H3. The Balaban J connectivity index is 1.23. The zero-order valence-electron chi connectivity index (χ0n) is 30.2. The Labute approximate surface area is 299 Å². The van der Waals surface area contributed by atoms with E-state index in [1.165, 1.54) is 58.4 Å². The lowest BCUT2D eigenvalue weighted by atomic mass is 9.72. The van der Waals surface area contributed by atoms with Crippen molar-refractivity contribution in [1.29, 1.82) is 0 Å². The van der Waals surface area contributed by atoms with Gasteiger partial charge in [0.1, 0.15) is 0 Å². The summed E-state index contributed by atoms with van der Waals surface area (Å²) < 4.78 is 10.8. The minimum atomic E-state index is -0.570. The number of rotatable bonds is 8. The van der Waals surface area contributed by atoms with E-state index in [2.05, 4.69) is 82.2 Å². The highest BCUT2D eigenvalue weighted by Crippen LogP contribution is 2.47. The molecule has 2 aromatic carbocycles. The molecule has 0 aliphatic carbocycles. The van der Waals surface area contributed by atoms with Crippen LogP contribution in [0.1, 0.15) is 56.8 Å². The Kier molecular flexibility index (Phi) is 9.05. The Morgan fingerprint density at radius 2 is 1.69 bits per heavy atom. The van der Waals surface area contributed by atoms with E-state index in [4.69, 9.17) is 9.47 Å². The van der Waals surface area contributed by atoms with Gasteiger partial charge < -0.3 is 29.4 Å². The van der Waals surface area contributed by atoms with Crippen molar-refractivity contribution in [1.82, 2.24) is 19.8 Å². The molecule has 4 aliphatic rings. The van der Waals surface area contributed by atoms with Crippen molar-refractivity contribution in [3.05, 3.63) is 82.0 Å². The molecule has 4 aliphatic heterocycles. The number of aromatic amines is 2. The van der Waals surface area contributed by atoms with Crippen molar-refractivity contribution in [2.24, 2.45) is 29.6 Å². The van der Waals surface area contributed by atoms with Crippen LogP contribution in [0.3, 0.4) is 0 Å². The van der Waals surface area contributed by atoms with Gasteiger partial charge in [-0.05, 0) is 73.6 Å². The highest BCUT2D eigenvalue weighted by atomic mass is 16.5. The van der Waals surface area contributed by atoms with Gasteiger partial charge in [0.25, 0.3) is 0 Å². The lowest BCUT2D eigenvalue weighted by molar-refractivity contribution is -0.150. The second-order valence-electron chi connectivity index (χ2n) is 15.0. The molecule has 2 fully saturated rings. The normalized spacial score (nSPS) is 25.3. The van der Waals surface area contributed by atoms with E-state index in [0.717, 1.165) is 55.1 Å². The van der Waals surface area contributed by atoms with Crippen molar-refractivity contribution in [3.8, 4) is 0 Å². The smallest absolute Gasteiger partial charge is 0.311 e. The molecule has 0 bridgehead atoms. The Bertz CT molecular complexity index is 2140. The van der Waals surface area contributed by atoms with Crippen LogP contribution < -0.4 is 10.6 Å². The van der Waals surface area contributed by atoms with Crippen LogP contribution in [0.4, 0.5) is 0 Å². The lowest BCUT2D eigenvalue weighted by Gasteiger charge is -2.46. The Morgan fingerprint density at radius 1 is 0.980 bits per heavy atom. The summed E-state index contributed by atoms with van der Waals surface area (Å²) in [7, 11) is 2.93. The average Bonchev–Trinajstić information content (AvgIpc) is 3.75. The van der Waals surface area contributed by atoms with Crippen LogP contribution >= 0.6 is 0 Å². The first kappa shape index (κ1) is 33.8. The SMILES string of the molecule is CC=C1CN2CCc3c([nH]c4ccccc34)C2CC1C(CC1=c2c([nH]c3ccccc23)=C2CC(C(CO)C(=O)OC)C(CC)CN2C1)C(=O)OC. The number of benzene rings is 2. The first-order valence-corrected chi connectivity index (χ1v) is 18.7. The van der Waals surface area contributed by atoms with Gasteiger partial charge >= 0.3 is 11.9 Å². The molecule has 8 rings (SSSR count). The molecule has 2 aromatic heterocycles. The molecular weight excluding hydrogens is 640 g/mol. The molecule has 0 spiro atoms. The third kappa shape index (κ3) is 5.60. The Morgan fingerprint density at radius 3 is 2.39 bits per heavy atom. The Hall–Kier alpha value is -4.34. The molecule has 0 amide bonds. The van der Waals surface area contributed by atoms with Crippen LogP contribution in [0.2, 0.25) is 0 Å². The van der Waals surface area contributed by atoms with Crippen LogP contribution in [0.25, 0.3) is 33.1 Å². The number of carbonyl (C=O) groups is 2. The van der Waals surface area contributed by atoms with Crippen LogP contribution in [-0.2, 0) is 25.5 Å². The van der Waals surface area contributed by atoms with Gasteiger partial charge in [0, 0.05) is 64.6 Å². The van der Waals surface area contributed by atoms with E-state index < -0.39 is 5.92 Å². The van der Waals surface area contributed by atoms with Crippen LogP contribution in [0.5, 0.6) is 0 Å². The molecule has 4 aromatic rings. The molecule has 6 atom stereocenters. The number of aromatic nitrogens is 2. The van der Waals surface area contributed by atoms with E-state index >= 15 is 0 Å². The maximum atomic E-state index is 14.1. The number of fused-ring (bicyclic) bond motifs is 9. The monoisotopic (exact) mass is 690 g/mol. The molecule has 268 valence electrons. The van der Waals surface area contributed by atoms with Gasteiger partial charge in [0.2, 0.25) is 0 Å². The van der Waals surface area contributed by atoms with Gasteiger partial charge in [0.05, 0.1) is 44.1 Å². The van der Waals surface area contributed by atoms with E-state index in [1.807, 2.05) is 6.07 Å². The number of carbonyl (C=O) groups excluding carboxylic acids is 2. The van der Waals surface area contributed by atoms with Crippen LogP contribution in [0, 0.1) is 29.6 Å². The predicted octanol–water partition coefficient (Wildman–Crippen LogP) is 4.80. The van der Waals surface area contributed by atoms with Crippen LogP contribution in [-0.4, -0.2) is 83.8 Å². The molecule has 6 heterocycles. The van der Waals surface area contributed by atoms with Crippen LogP contribution in [0.15, 0.2) is 60.2 Å². The van der Waals surface area contributed by atoms with Gasteiger partial charge in [-0.2, -0.15) is 0 Å². The van der Waals surface area contributed by atoms with Crippen molar-refractivity contribution in [2.75, 3.05) is 47.0 Å². The lowest BCUT2D eigenvalue weighted by Crippen LogP contribution is -2.51. The number of ether oxygens (including phenoxy) is 2. The molecule has 0 radical (unpaired) electrons. The van der Waals surface area contributed by atoms with Crippen molar-refractivity contribution < 1.29 is 24.2 Å². The number of hydrogen-bond donors (Lipinski definition) is 3. The zero-order valence-corrected chi connectivity index (χ0v) is 30.2. The quantitative estimate of drug-likeness (QED) is 0.180. The number of H-pyrrole nitrogens is 2. The summed E-state index contributed by atoms with van der Waals surface area (Å²) in [6.45, 7) is 7.38. The molecule has 6 unspecified atom stereocenters. The summed E-state index contributed by atoms with van der Waals surface area (Å²) in [4.78, 5) is 39.5. The minimum absolute atomic E-state index is 0.0326. The predicted molar refractivity (Wildman–Crippen MR) is 199 cm³/mol. The van der Waals surface area contributed by atoms with Gasteiger partial charge in [-0.15, -0.1) is 0 Å². The fraction of sp³-hybridized carbons (Fsp3) is 0.476. The maximum Gasteiger partial charge on any atom is 0.311 e.